The van der Waals surface area contributed by atoms with Gasteiger partial charge in [0.05, 0.1) is 5.56 Å². The van der Waals surface area contributed by atoms with E-state index in [1.165, 1.54) is 11.8 Å². The van der Waals surface area contributed by atoms with Gasteiger partial charge in [-0.15, -0.1) is 6.42 Å². The van der Waals surface area contributed by atoms with Crippen LogP contribution in [0.3, 0.4) is 0 Å². The molecule has 0 spiro atoms. The fourth-order valence-electron chi connectivity index (χ4n) is 1.25. The van der Waals surface area contributed by atoms with Crippen LogP contribution in [0.25, 0.3) is 0 Å². The first-order chi connectivity index (χ1) is 6.64. The van der Waals surface area contributed by atoms with Crippen molar-refractivity contribution in [3.05, 3.63) is 29.8 Å². The topological polar surface area (TPSA) is 26.3 Å². The molecular formula is C11H8O2S. The number of cyclic esters (lactones) is 1. The standard InChI is InChI=1S/C11H8O2S/c1-3-11(2)13-10(12)8-6-4-5-7-9(8)14-11/h1,4-7H,2H3. The molecule has 0 saturated carbocycles. The Kier molecular flexibility index (Phi) is 2.01. The second-order valence-corrected chi connectivity index (χ2v) is 4.50. The Labute approximate surface area is 86.6 Å². The van der Waals surface area contributed by atoms with E-state index in [-0.39, 0.29) is 5.97 Å². The minimum atomic E-state index is -0.870. The fourth-order valence-corrected chi connectivity index (χ4v) is 2.25. The third-order valence-corrected chi connectivity index (χ3v) is 3.13. The number of thioether (sulfide) groups is 1. The zero-order valence-electron chi connectivity index (χ0n) is 7.61. The maximum atomic E-state index is 11.5. The van der Waals surface area contributed by atoms with Crippen LogP contribution in [0.4, 0.5) is 0 Å². The van der Waals surface area contributed by atoms with Gasteiger partial charge in [0.2, 0.25) is 4.93 Å². The van der Waals surface area contributed by atoms with Gasteiger partial charge in [0.1, 0.15) is 0 Å². The van der Waals surface area contributed by atoms with E-state index in [9.17, 15) is 4.79 Å². The van der Waals surface area contributed by atoms with E-state index in [1.807, 2.05) is 12.1 Å². The summed E-state index contributed by atoms with van der Waals surface area (Å²) in [7, 11) is 0. The van der Waals surface area contributed by atoms with Gasteiger partial charge in [0, 0.05) is 4.90 Å². The molecule has 0 amide bonds. The maximum Gasteiger partial charge on any atom is 0.341 e. The summed E-state index contributed by atoms with van der Waals surface area (Å²) in [6.07, 6.45) is 5.31. The summed E-state index contributed by atoms with van der Waals surface area (Å²) in [5.41, 5.74) is 0.588. The lowest BCUT2D eigenvalue weighted by Gasteiger charge is -2.28. The monoisotopic (exact) mass is 204 g/mol. The summed E-state index contributed by atoms with van der Waals surface area (Å²) in [5, 5.41) is 0. The zero-order chi connectivity index (χ0) is 10.2. The highest BCUT2D eigenvalue weighted by Crippen LogP contribution is 2.40. The summed E-state index contributed by atoms with van der Waals surface area (Å²) >= 11 is 1.38. The molecule has 1 aliphatic rings. The van der Waals surface area contributed by atoms with E-state index < -0.39 is 4.93 Å². The molecule has 1 aromatic rings. The van der Waals surface area contributed by atoms with E-state index in [1.54, 1.807) is 19.1 Å². The fraction of sp³-hybridized carbons (Fsp3) is 0.182. The van der Waals surface area contributed by atoms with Gasteiger partial charge >= 0.3 is 5.97 Å². The Bertz CT molecular complexity index is 433. The Morgan fingerprint density at radius 3 is 2.93 bits per heavy atom. The molecule has 14 heavy (non-hydrogen) atoms. The van der Waals surface area contributed by atoms with Gasteiger partial charge in [0.15, 0.2) is 0 Å². The smallest absolute Gasteiger partial charge is 0.341 e. The largest absolute Gasteiger partial charge is 0.433 e. The van der Waals surface area contributed by atoms with Crippen LogP contribution in [-0.2, 0) is 4.74 Å². The summed E-state index contributed by atoms with van der Waals surface area (Å²) < 4.78 is 5.14. The highest BCUT2D eigenvalue weighted by atomic mass is 32.2. The van der Waals surface area contributed by atoms with Crippen LogP contribution in [0.1, 0.15) is 17.3 Å². The molecular weight excluding hydrogens is 196 g/mol. The molecule has 0 bridgehead atoms. The van der Waals surface area contributed by atoms with Crippen molar-refractivity contribution in [1.82, 2.24) is 0 Å². The highest BCUT2D eigenvalue weighted by Gasteiger charge is 2.35. The number of esters is 1. The third-order valence-electron chi connectivity index (χ3n) is 1.96. The number of fused-ring (bicyclic) bond motifs is 1. The van der Waals surface area contributed by atoms with Crippen molar-refractivity contribution in [2.24, 2.45) is 0 Å². The van der Waals surface area contributed by atoms with Gasteiger partial charge < -0.3 is 4.74 Å². The normalized spacial score (nSPS) is 24.7. The molecule has 1 unspecified atom stereocenters. The van der Waals surface area contributed by atoms with Crippen molar-refractivity contribution in [3.8, 4) is 12.3 Å². The van der Waals surface area contributed by atoms with Crippen molar-refractivity contribution in [1.29, 1.82) is 0 Å². The SMILES string of the molecule is C#CC1(C)OC(=O)c2ccccc2S1. The number of ether oxygens (including phenoxy) is 1. The predicted molar refractivity (Wildman–Crippen MR) is 55.0 cm³/mol. The summed E-state index contributed by atoms with van der Waals surface area (Å²) in [6.45, 7) is 1.71. The molecule has 2 rings (SSSR count). The highest BCUT2D eigenvalue weighted by molar-refractivity contribution is 8.01. The van der Waals surface area contributed by atoms with Crippen LogP contribution >= 0.6 is 11.8 Å². The van der Waals surface area contributed by atoms with E-state index in [0.717, 1.165) is 4.90 Å². The van der Waals surface area contributed by atoms with Crippen LogP contribution in [0, 0.1) is 12.3 Å². The number of terminal acetylenes is 1. The summed E-state index contributed by atoms with van der Waals surface area (Å²) in [6, 6.07) is 7.29. The van der Waals surface area contributed by atoms with Crippen molar-refractivity contribution in [3.63, 3.8) is 0 Å². The molecule has 3 heteroatoms. The van der Waals surface area contributed by atoms with Crippen molar-refractivity contribution in [2.45, 2.75) is 16.8 Å². The zero-order valence-corrected chi connectivity index (χ0v) is 8.43. The second kappa shape index (κ2) is 3.07. The number of hydrogen-bond donors (Lipinski definition) is 0. The quantitative estimate of drug-likeness (QED) is 0.479. The lowest BCUT2D eigenvalue weighted by atomic mass is 10.2. The van der Waals surface area contributed by atoms with E-state index in [4.69, 9.17) is 11.2 Å². The Hall–Kier alpha value is -1.40. The molecule has 0 aliphatic carbocycles. The average Bonchev–Trinajstić information content (AvgIpc) is 2.18. The molecule has 1 aromatic carbocycles. The number of hydrogen-bond acceptors (Lipinski definition) is 3. The van der Waals surface area contributed by atoms with Crippen molar-refractivity contribution < 1.29 is 9.53 Å². The summed E-state index contributed by atoms with van der Waals surface area (Å²) in [5.74, 6) is 2.12. The molecule has 0 radical (unpaired) electrons. The molecule has 0 fully saturated rings. The van der Waals surface area contributed by atoms with Crippen LogP contribution in [0.5, 0.6) is 0 Å². The van der Waals surface area contributed by atoms with Crippen LogP contribution in [0.2, 0.25) is 0 Å². The number of benzene rings is 1. The lowest BCUT2D eigenvalue weighted by molar-refractivity contribution is 0.0357. The van der Waals surface area contributed by atoms with Gasteiger partial charge in [-0.3, -0.25) is 0 Å². The van der Waals surface area contributed by atoms with Gasteiger partial charge in [-0.05, 0) is 25.0 Å². The second-order valence-electron chi connectivity index (χ2n) is 3.08. The molecule has 2 nitrogen and oxygen atoms in total. The number of carbonyl (C=O) groups is 1. The average molecular weight is 204 g/mol. The van der Waals surface area contributed by atoms with E-state index in [2.05, 4.69) is 5.92 Å². The van der Waals surface area contributed by atoms with Crippen LogP contribution < -0.4 is 0 Å². The van der Waals surface area contributed by atoms with E-state index >= 15 is 0 Å². The van der Waals surface area contributed by atoms with E-state index in [0.29, 0.717) is 5.56 Å². The Morgan fingerprint density at radius 1 is 1.50 bits per heavy atom. The van der Waals surface area contributed by atoms with Gasteiger partial charge in [-0.2, -0.15) is 0 Å². The molecule has 0 N–H and O–H groups in total. The number of carbonyl (C=O) groups excluding carboxylic acids is 1. The third kappa shape index (κ3) is 1.38. The van der Waals surface area contributed by atoms with Crippen LogP contribution in [-0.4, -0.2) is 10.9 Å². The molecule has 1 heterocycles. The minimum Gasteiger partial charge on any atom is -0.433 e. The Morgan fingerprint density at radius 2 is 2.21 bits per heavy atom. The molecule has 1 aliphatic heterocycles. The Balaban J connectivity index is 2.49. The van der Waals surface area contributed by atoms with Gasteiger partial charge in [-0.1, -0.05) is 23.9 Å². The molecule has 1 atom stereocenters. The minimum absolute atomic E-state index is 0.347. The molecule has 0 saturated heterocycles. The van der Waals surface area contributed by atoms with Crippen molar-refractivity contribution >= 4 is 17.7 Å². The predicted octanol–water partition coefficient (Wildman–Crippen LogP) is 2.30. The van der Waals surface area contributed by atoms with Crippen molar-refractivity contribution in [2.75, 3.05) is 0 Å². The molecule has 70 valence electrons. The number of rotatable bonds is 0. The molecule has 0 aromatic heterocycles. The van der Waals surface area contributed by atoms with Gasteiger partial charge in [0.25, 0.3) is 0 Å². The van der Waals surface area contributed by atoms with Crippen LogP contribution in [0.15, 0.2) is 29.2 Å². The lowest BCUT2D eigenvalue weighted by Crippen LogP contribution is -2.30. The summed E-state index contributed by atoms with van der Waals surface area (Å²) in [4.78, 5) is 11.5. The first-order valence-electron chi connectivity index (χ1n) is 4.14. The van der Waals surface area contributed by atoms with Gasteiger partial charge in [-0.25, -0.2) is 4.79 Å². The first kappa shape index (κ1) is 9.17. The first-order valence-corrected chi connectivity index (χ1v) is 4.95. The maximum absolute atomic E-state index is 11.5.